The molecule has 0 radical (unpaired) electrons. The molecule has 1 aromatic carbocycles. The molecule has 5 nitrogen and oxygen atoms in total. The lowest BCUT2D eigenvalue weighted by Gasteiger charge is -2.15. The molecule has 0 aliphatic heterocycles. The van der Waals surface area contributed by atoms with E-state index >= 15 is 0 Å². The summed E-state index contributed by atoms with van der Waals surface area (Å²) >= 11 is 7.74. The molecule has 0 unspecified atom stereocenters. The van der Waals surface area contributed by atoms with Crippen LogP contribution in [0, 0.1) is 0 Å². The van der Waals surface area contributed by atoms with Crippen LogP contribution in [0.2, 0.25) is 5.02 Å². The van der Waals surface area contributed by atoms with E-state index in [4.69, 9.17) is 11.6 Å². The Labute approximate surface area is 157 Å². The molecule has 2 rings (SSSR count). The van der Waals surface area contributed by atoms with E-state index in [0.29, 0.717) is 17.5 Å². The fourth-order valence-electron chi connectivity index (χ4n) is 2.06. The van der Waals surface area contributed by atoms with Gasteiger partial charge in [0.25, 0.3) is 0 Å². The number of hydrogen-bond acceptors (Lipinski definition) is 3. The lowest BCUT2D eigenvalue weighted by molar-refractivity contribution is -0.127. The number of carbonyl (C=O) groups excluding carboxylic acids is 1. The average molecular weight is 379 g/mol. The highest BCUT2D eigenvalue weighted by molar-refractivity contribution is 7.09. The molecule has 134 valence electrons. The standard InChI is InChI=1S/C18H23ClN4OS/c1-23(2)17(24)13-22-18(20-9-8-16-7-4-10-25-16)21-12-14-5-3-6-15(19)11-14/h3-7,10-11H,8-9,12-13H2,1-2H3,(H2,20,21,22). The SMILES string of the molecule is CN(C)C(=O)CNC(=NCc1cccc(Cl)c1)NCCc1cccs1. The van der Waals surface area contributed by atoms with Crippen molar-refractivity contribution in [2.45, 2.75) is 13.0 Å². The summed E-state index contributed by atoms with van der Waals surface area (Å²) in [4.78, 5) is 19.2. The third kappa shape index (κ3) is 7.15. The summed E-state index contributed by atoms with van der Waals surface area (Å²) in [5.74, 6) is 0.613. The summed E-state index contributed by atoms with van der Waals surface area (Å²) in [6.07, 6.45) is 0.914. The molecule has 2 aromatic rings. The number of halogens is 1. The van der Waals surface area contributed by atoms with Gasteiger partial charge in [-0.05, 0) is 35.6 Å². The monoisotopic (exact) mass is 378 g/mol. The summed E-state index contributed by atoms with van der Waals surface area (Å²) in [6.45, 7) is 1.44. The second-order valence-corrected chi connectivity index (χ2v) is 7.16. The van der Waals surface area contributed by atoms with Gasteiger partial charge < -0.3 is 15.5 Å². The van der Waals surface area contributed by atoms with Gasteiger partial charge >= 0.3 is 0 Å². The number of hydrogen-bond donors (Lipinski definition) is 2. The molecule has 0 saturated heterocycles. The molecule has 0 spiro atoms. The van der Waals surface area contributed by atoms with Crippen molar-refractivity contribution in [2.24, 2.45) is 4.99 Å². The van der Waals surface area contributed by atoms with Gasteiger partial charge in [-0.2, -0.15) is 0 Å². The van der Waals surface area contributed by atoms with E-state index < -0.39 is 0 Å². The maximum Gasteiger partial charge on any atom is 0.241 e. The Balaban J connectivity index is 1.94. The first-order valence-corrected chi connectivity index (χ1v) is 9.29. The van der Waals surface area contributed by atoms with Crippen LogP contribution in [-0.2, 0) is 17.8 Å². The normalized spacial score (nSPS) is 11.2. The highest BCUT2D eigenvalue weighted by Gasteiger charge is 2.06. The Kier molecular flexibility index (Phi) is 7.76. The van der Waals surface area contributed by atoms with Crippen LogP contribution >= 0.6 is 22.9 Å². The van der Waals surface area contributed by atoms with E-state index in [-0.39, 0.29) is 12.5 Å². The Morgan fingerprint density at radius 3 is 2.76 bits per heavy atom. The predicted octanol–water partition coefficient (Wildman–Crippen LogP) is 2.77. The highest BCUT2D eigenvalue weighted by atomic mass is 35.5. The number of nitrogens with one attached hydrogen (secondary N) is 2. The van der Waals surface area contributed by atoms with Crippen molar-refractivity contribution >= 4 is 34.8 Å². The third-order valence-corrected chi connectivity index (χ3v) is 4.63. The van der Waals surface area contributed by atoms with Crippen LogP contribution in [0.5, 0.6) is 0 Å². The summed E-state index contributed by atoms with van der Waals surface area (Å²) in [5, 5.41) is 9.12. The second-order valence-electron chi connectivity index (χ2n) is 5.69. The van der Waals surface area contributed by atoms with Gasteiger partial charge in [0.2, 0.25) is 5.91 Å². The Hall–Kier alpha value is -2.05. The van der Waals surface area contributed by atoms with Crippen molar-refractivity contribution < 1.29 is 4.79 Å². The summed E-state index contributed by atoms with van der Waals surface area (Å²) < 4.78 is 0. The van der Waals surface area contributed by atoms with Gasteiger partial charge in [-0.25, -0.2) is 4.99 Å². The molecule has 1 amide bonds. The molecule has 0 atom stereocenters. The molecule has 0 fully saturated rings. The van der Waals surface area contributed by atoms with Crippen LogP contribution in [-0.4, -0.2) is 44.0 Å². The van der Waals surface area contributed by atoms with E-state index in [2.05, 4.69) is 27.1 Å². The number of nitrogens with zero attached hydrogens (tertiary/aromatic N) is 2. The smallest absolute Gasteiger partial charge is 0.241 e. The minimum Gasteiger partial charge on any atom is -0.356 e. The van der Waals surface area contributed by atoms with E-state index in [9.17, 15) is 4.79 Å². The van der Waals surface area contributed by atoms with Crippen molar-refractivity contribution in [3.05, 3.63) is 57.2 Å². The van der Waals surface area contributed by atoms with Crippen LogP contribution in [0.4, 0.5) is 0 Å². The Morgan fingerprint density at radius 1 is 1.24 bits per heavy atom. The molecular formula is C18H23ClN4OS. The molecule has 2 N–H and O–H groups in total. The lowest BCUT2D eigenvalue weighted by Crippen LogP contribution is -2.43. The fourth-order valence-corrected chi connectivity index (χ4v) is 2.98. The summed E-state index contributed by atoms with van der Waals surface area (Å²) in [6, 6.07) is 11.8. The van der Waals surface area contributed by atoms with E-state index in [1.54, 1.807) is 30.3 Å². The molecule has 0 saturated carbocycles. The quantitative estimate of drug-likeness (QED) is 0.575. The van der Waals surface area contributed by atoms with Crippen LogP contribution in [0.3, 0.4) is 0 Å². The van der Waals surface area contributed by atoms with Gasteiger partial charge in [-0.3, -0.25) is 4.79 Å². The topological polar surface area (TPSA) is 56.7 Å². The van der Waals surface area contributed by atoms with Crippen LogP contribution in [0.25, 0.3) is 0 Å². The molecule has 0 bridgehead atoms. The lowest BCUT2D eigenvalue weighted by atomic mass is 10.2. The molecule has 25 heavy (non-hydrogen) atoms. The third-order valence-electron chi connectivity index (χ3n) is 3.46. The van der Waals surface area contributed by atoms with Crippen LogP contribution in [0.1, 0.15) is 10.4 Å². The van der Waals surface area contributed by atoms with Crippen molar-refractivity contribution in [3.63, 3.8) is 0 Å². The minimum absolute atomic E-state index is 0.00416. The number of guanidine groups is 1. The van der Waals surface area contributed by atoms with Crippen molar-refractivity contribution in [3.8, 4) is 0 Å². The number of thiophene rings is 1. The molecular weight excluding hydrogens is 356 g/mol. The molecule has 7 heteroatoms. The largest absolute Gasteiger partial charge is 0.356 e. The first kappa shape index (κ1) is 19.3. The van der Waals surface area contributed by atoms with Gasteiger partial charge in [0.05, 0.1) is 13.1 Å². The zero-order chi connectivity index (χ0) is 18.1. The maximum absolute atomic E-state index is 11.8. The number of rotatable bonds is 7. The van der Waals surface area contributed by atoms with E-state index in [1.165, 1.54) is 4.88 Å². The van der Waals surface area contributed by atoms with Gasteiger partial charge in [-0.1, -0.05) is 29.8 Å². The van der Waals surface area contributed by atoms with Crippen molar-refractivity contribution in [2.75, 3.05) is 27.2 Å². The number of aliphatic imine (C=N–C) groups is 1. The maximum atomic E-state index is 11.8. The first-order chi connectivity index (χ1) is 12.0. The minimum atomic E-state index is -0.00416. The molecule has 0 aliphatic rings. The summed E-state index contributed by atoms with van der Waals surface area (Å²) in [7, 11) is 3.47. The Morgan fingerprint density at radius 2 is 2.08 bits per heavy atom. The number of carbonyl (C=O) groups is 1. The van der Waals surface area contributed by atoms with Crippen molar-refractivity contribution in [1.82, 2.24) is 15.5 Å². The highest BCUT2D eigenvalue weighted by Crippen LogP contribution is 2.11. The first-order valence-electron chi connectivity index (χ1n) is 8.04. The number of benzene rings is 1. The second kappa shape index (κ2) is 10.1. The van der Waals surface area contributed by atoms with Crippen LogP contribution < -0.4 is 10.6 Å². The fraction of sp³-hybridized carbons (Fsp3) is 0.333. The zero-order valence-corrected chi connectivity index (χ0v) is 16.0. The molecule has 0 aliphatic carbocycles. The average Bonchev–Trinajstić information content (AvgIpc) is 3.09. The van der Waals surface area contributed by atoms with Crippen LogP contribution in [0.15, 0.2) is 46.8 Å². The van der Waals surface area contributed by atoms with Gasteiger partial charge in [0, 0.05) is 30.5 Å². The van der Waals surface area contributed by atoms with Crippen molar-refractivity contribution in [1.29, 1.82) is 0 Å². The number of amides is 1. The molecule has 1 heterocycles. The van der Waals surface area contributed by atoms with E-state index in [1.807, 2.05) is 30.3 Å². The zero-order valence-electron chi connectivity index (χ0n) is 14.5. The Bertz CT molecular complexity index is 701. The van der Waals surface area contributed by atoms with Gasteiger partial charge in [0.1, 0.15) is 0 Å². The van der Waals surface area contributed by atoms with Gasteiger partial charge in [-0.15, -0.1) is 11.3 Å². The number of likely N-dealkylation sites (N-methyl/N-ethyl adjacent to an activating group) is 1. The van der Waals surface area contributed by atoms with E-state index in [0.717, 1.165) is 18.5 Å². The van der Waals surface area contributed by atoms with Gasteiger partial charge in [0.15, 0.2) is 5.96 Å². The predicted molar refractivity (Wildman–Crippen MR) is 105 cm³/mol. The summed E-state index contributed by atoms with van der Waals surface area (Å²) in [5.41, 5.74) is 1.02. The molecule has 1 aromatic heterocycles.